The van der Waals surface area contributed by atoms with Crippen LogP contribution in [-0.2, 0) is 13.5 Å². The average Bonchev–Trinajstić information content (AvgIpc) is 3.35. The number of aromatic nitrogens is 6. The van der Waals surface area contributed by atoms with Crippen LogP contribution in [0.25, 0.3) is 22.3 Å². The summed E-state index contributed by atoms with van der Waals surface area (Å²) in [5, 5.41) is 14.2. The van der Waals surface area contributed by atoms with Gasteiger partial charge in [0.25, 0.3) is 5.91 Å². The number of nitrogens with zero attached hydrogens (tertiary/aromatic N) is 5. The smallest absolute Gasteiger partial charge is 0.342 e. The van der Waals surface area contributed by atoms with Crippen LogP contribution in [0.4, 0.5) is 13.2 Å². The summed E-state index contributed by atoms with van der Waals surface area (Å²) in [4.78, 5) is 20.3. The Kier molecular flexibility index (Phi) is 5.17. The van der Waals surface area contributed by atoms with Crippen molar-refractivity contribution < 1.29 is 18.0 Å². The van der Waals surface area contributed by atoms with E-state index in [4.69, 9.17) is 0 Å². The van der Waals surface area contributed by atoms with Crippen molar-refractivity contribution in [2.24, 2.45) is 7.05 Å². The maximum atomic E-state index is 12.2. The first-order valence-corrected chi connectivity index (χ1v) is 9.34. The summed E-state index contributed by atoms with van der Waals surface area (Å²) >= 11 is 0. The molecule has 0 aliphatic rings. The number of benzene rings is 1. The van der Waals surface area contributed by atoms with E-state index in [1.807, 2.05) is 19.1 Å². The van der Waals surface area contributed by atoms with Gasteiger partial charge in [-0.3, -0.25) is 19.6 Å². The van der Waals surface area contributed by atoms with Crippen LogP contribution in [0.2, 0.25) is 0 Å². The van der Waals surface area contributed by atoms with E-state index >= 15 is 0 Å². The summed E-state index contributed by atoms with van der Waals surface area (Å²) in [5.41, 5.74) is 3.59. The van der Waals surface area contributed by atoms with Gasteiger partial charge in [0.15, 0.2) is 5.82 Å². The number of carbonyl (C=O) groups is 1. The lowest BCUT2D eigenvalue weighted by Crippen LogP contribution is -2.34. The highest BCUT2D eigenvalue weighted by Gasteiger charge is 2.28. The van der Waals surface area contributed by atoms with Gasteiger partial charge in [-0.1, -0.05) is 6.07 Å². The van der Waals surface area contributed by atoms with Gasteiger partial charge in [-0.2, -0.15) is 23.4 Å². The molecule has 160 valence electrons. The number of halogens is 3. The number of alkyl halides is 3. The lowest BCUT2D eigenvalue weighted by molar-refractivity contribution is -0.123. The molecule has 8 nitrogen and oxygen atoms in total. The van der Waals surface area contributed by atoms with E-state index in [1.54, 1.807) is 29.3 Å². The quantitative estimate of drug-likeness (QED) is 0.508. The summed E-state index contributed by atoms with van der Waals surface area (Å²) in [7, 11) is 1.78. The Morgan fingerprint density at radius 2 is 2.00 bits per heavy atom. The van der Waals surface area contributed by atoms with Gasteiger partial charge in [0.05, 0.1) is 11.7 Å². The van der Waals surface area contributed by atoms with Crippen molar-refractivity contribution in [1.29, 1.82) is 0 Å². The SMILES string of the molecule is Cc1c(Cc2nc(-c3ccc(C(=O)NCC(F)(F)F)nc3)nn2C)ccc2[nH]ncc12. The summed E-state index contributed by atoms with van der Waals surface area (Å²) in [6.07, 6.45) is -0.773. The van der Waals surface area contributed by atoms with Gasteiger partial charge in [-0.05, 0) is 36.2 Å². The molecule has 1 amide bonds. The fourth-order valence-electron chi connectivity index (χ4n) is 3.19. The number of nitrogens with one attached hydrogen (secondary N) is 2. The Morgan fingerprint density at radius 1 is 1.19 bits per heavy atom. The molecule has 0 saturated carbocycles. The molecule has 3 aromatic heterocycles. The lowest BCUT2D eigenvalue weighted by Gasteiger charge is -2.07. The number of hydrogen-bond acceptors (Lipinski definition) is 5. The first kappa shape index (κ1) is 20.5. The van der Waals surface area contributed by atoms with E-state index in [0.717, 1.165) is 27.9 Å². The van der Waals surface area contributed by atoms with Crippen LogP contribution in [0.3, 0.4) is 0 Å². The molecule has 2 N–H and O–H groups in total. The second-order valence-electron chi connectivity index (χ2n) is 7.06. The summed E-state index contributed by atoms with van der Waals surface area (Å²) in [6, 6.07) is 6.87. The number of H-pyrrole nitrogens is 1. The molecule has 0 aliphatic heterocycles. The number of aryl methyl sites for hydroxylation is 2. The van der Waals surface area contributed by atoms with Crippen molar-refractivity contribution in [2.45, 2.75) is 19.5 Å². The van der Waals surface area contributed by atoms with Gasteiger partial charge >= 0.3 is 6.18 Å². The van der Waals surface area contributed by atoms with Crippen molar-refractivity contribution in [3.05, 3.63) is 59.3 Å². The van der Waals surface area contributed by atoms with Crippen molar-refractivity contribution >= 4 is 16.8 Å². The van der Waals surface area contributed by atoms with Crippen LogP contribution in [-0.4, -0.2) is 48.6 Å². The third kappa shape index (κ3) is 4.39. The molecule has 1 aromatic carbocycles. The first-order valence-electron chi connectivity index (χ1n) is 9.34. The van der Waals surface area contributed by atoms with E-state index in [1.165, 1.54) is 12.3 Å². The molecule has 0 aliphatic carbocycles. The highest BCUT2D eigenvalue weighted by molar-refractivity contribution is 5.92. The largest absolute Gasteiger partial charge is 0.405 e. The predicted octanol–water partition coefficient (Wildman–Crippen LogP) is 2.94. The number of pyridine rings is 1. The van der Waals surface area contributed by atoms with Crippen molar-refractivity contribution in [3.63, 3.8) is 0 Å². The number of carbonyl (C=O) groups excluding carboxylic acids is 1. The Bertz CT molecular complexity index is 1240. The summed E-state index contributed by atoms with van der Waals surface area (Å²) in [5.74, 6) is 0.242. The van der Waals surface area contributed by atoms with Crippen LogP contribution >= 0.6 is 0 Å². The summed E-state index contributed by atoms with van der Waals surface area (Å²) in [6.45, 7) is 0.612. The van der Waals surface area contributed by atoms with E-state index in [9.17, 15) is 18.0 Å². The van der Waals surface area contributed by atoms with Gasteiger partial charge in [0.2, 0.25) is 0 Å². The van der Waals surface area contributed by atoms with Crippen LogP contribution in [0, 0.1) is 6.92 Å². The number of rotatable bonds is 5. The number of fused-ring (bicyclic) bond motifs is 1. The second kappa shape index (κ2) is 7.82. The second-order valence-corrected chi connectivity index (χ2v) is 7.06. The maximum Gasteiger partial charge on any atom is 0.405 e. The zero-order chi connectivity index (χ0) is 22.2. The molecule has 0 unspecified atom stereocenters. The Labute approximate surface area is 174 Å². The highest BCUT2D eigenvalue weighted by Crippen LogP contribution is 2.23. The van der Waals surface area contributed by atoms with Crippen molar-refractivity contribution in [1.82, 2.24) is 35.3 Å². The minimum absolute atomic E-state index is 0.117. The predicted molar refractivity (Wildman–Crippen MR) is 106 cm³/mol. The zero-order valence-corrected chi connectivity index (χ0v) is 16.7. The third-order valence-electron chi connectivity index (χ3n) is 4.91. The average molecular weight is 429 g/mol. The fourth-order valence-corrected chi connectivity index (χ4v) is 3.19. The Morgan fingerprint density at radius 3 is 2.71 bits per heavy atom. The maximum absolute atomic E-state index is 12.2. The van der Waals surface area contributed by atoms with Crippen molar-refractivity contribution in [2.75, 3.05) is 6.54 Å². The lowest BCUT2D eigenvalue weighted by atomic mass is 10.0. The molecular weight excluding hydrogens is 411 g/mol. The normalized spacial score (nSPS) is 11.8. The van der Waals surface area contributed by atoms with Gasteiger partial charge < -0.3 is 5.32 Å². The molecule has 0 fully saturated rings. The Hall–Kier alpha value is -3.76. The van der Waals surface area contributed by atoms with Crippen LogP contribution in [0.1, 0.15) is 27.4 Å². The standard InChI is InChI=1S/C20H18F3N7O/c1-11-12(3-5-15-14(11)9-26-28-15)7-17-27-18(29-30(17)2)13-4-6-16(24-8-13)19(31)25-10-20(21,22)23/h3-6,8-9H,7,10H2,1-2H3,(H,25,31)(H,26,28). The van der Waals surface area contributed by atoms with Crippen LogP contribution in [0.15, 0.2) is 36.7 Å². The topological polar surface area (TPSA) is 101 Å². The van der Waals surface area contributed by atoms with Gasteiger partial charge in [0.1, 0.15) is 18.1 Å². The van der Waals surface area contributed by atoms with Gasteiger partial charge in [-0.25, -0.2) is 4.98 Å². The van der Waals surface area contributed by atoms with Crippen LogP contribution < -0.4 is 5.32 Å². The molecule has 11 heteroatoms. The number of amides is 1. The van der Waals surface area contributed by atoms with Crippen LogP contribution in [0.5, 0.6) is 0 Å². The van der Waals surface area contributed by atoms with E-state index in [-0.39, 0.29) is 5.69 Å². The minimum atomic E-state index is -4.48. The number of hydrogen-bond donors (Lipinski definition) is 2. The number of aromatic amines is 1. The highest BCUT2D eigenvalue weighted by atomic mass is 19.4. The summed E-state index contributed by atoms with van der Waals surface area (Å²) < 4.78 is 38.4. The van der Waals surface area contributed by atoms with E-state index in [2.05, 4.69) is 25.3 Å². The van der Waals surface area contributed by atoms with Crippen molar-refractivity contribution in [3.8, 4) is 11.4 Å². The Balaban J connectivity index is 1.52. The third-order valence-corrected chi connectivity index (χ3v) is 4.91. The molecule has 0 atom stereocenters. The molecule has 4 rings (SSSR count). The molecule has 0 radical (unpaired) electrons. The molecule has 0 bridgehead atoms. The van der Waals surface area contributed by atoms with E-state index in [0.29, 0.717) is 17.8 Å². The van der Waals surface area contributed by atoms with Gasteiger partial charge in [0, 0.05) is 30.6 Å². The van der Waals surface area contributed by atoms with Gasteiger partial charge in [-0.15, -0.1) is 0 Å². The van der Waals surface area contributed by atoms with E-state index < -0.39 is 18.6 Å². The molecular formula is C20H18F3N7O. The minimum Gasteiger partial charge on any atom is -0.342 e. The molecule has 0 saturated heterocycles. The molecule has 31 heavy (non-hydrogen) atoms. The molecule has 0 spiro atoms. The monoisotopic (exact) mass is 429 g/mol. The zero-order valence-electron chi connectivity index (χ0n) is 16.7. The fraction of sp³-hybridized carbons (Fsp3) is 0.250. The molecule has 4 aromatic rings. The first-order chi connectivity index (χ1) is 14.7. The molecule has 3 heterocycles.